The van der Waals surface area contributed by atoms with E-state index in [1.807, 2.05) is 13.8 Å². The second-order valence-electron chi connectivity index (χ2n) is 9.52. The van der Waals surface area contributed by atoms with Crippen LogP contribution in [0.5, 0.6) is 0 Å². The Hall–Kier alpha value is -3.18. The number of carbonyl (C=O) groups is 3. The predicted octanol–water partition coefficient (Wildman–Crippen LogP) is 2.09. The number of sulfonamides is 1. The molecule has 194 valence electrons. The zero-order valence-electron chi connectivity index (χ0n) is 20.5. The van der Waals surface area contributed by atoms with Crippen molar-refractivity contribution < 1.29 is 32.0 Å². The zero-order chi connectivity index (χ0) is 25.9. The number of esters is 1. The minimum Gasteiger partial charge on any atom is -0.459 e. The molecule has 0 radical (unpaired) electrons. The number of piperazine rings is 1. The molecule has 10 nitrogen and oxygen atoms in total. The van der Waals surface area contributed by atoms with Crippen LogP contribution in [0.4, 0.5) is 0 Å². The SMILES string of the molecule is C[C@H]1C[C@H](C)CN(S(=O)(=O)c2ccc(C(=O)OCC(=O)N3CCN(C(=O)c4ccco4)CC3)cc2)C1. The van der Waals surface area contributed by atoms with Crippen LogP contribution in [0, 0.1) is 11.8 Å². The van der Waals surface area contributed by atoms with Gasteiger partial charge in [-0.25, -0.2) is 13.2 Å². The molecule has 0 bridgehead atoms. The molecule has 2 aliphatic heterocycles. The van der Waals surface area contributed by atoms with Crippen LogP contribution in [-0.2, 0) is 19.6 Å². The van der Waals surface area contributed by atoms with Gasteiger partial charge in [0.15, 0.2) is 12.4 Å². The van der Waals surface area contributed by atoms with Gasteiger partial charge >= 0.3 is 5.97 Å². The third kappa shape index (κ3) is 5.79. The number of rotatable bonds is 6. The Balaban J connectivity index is 1.27. The second-order valence-corrected chi connectivity index (χ2v) is 11.5. The Bertz CT molecular complexity index is 1180. The van der Waals surface area contributed by atoms with Gasteiger partial charge in [0, 0.05) is 39.3 Å². The van der Waals surface area contributed by atoms with E-state index in [1.54, 1.807) is 17.0 Å². The van der Waals surface area contributed by atoms with Gasteiger partial charge in [0.25, 0.3) is 11.8 Å². The van der Waals surface area contributed by atoms with Crippen molar-refractivity contribution >= 4 is 27.8 Å². The fourth-order valence-electron chi connectivity index (χ4n) is 4.73. The number of nitrogens with zero attached hydrogens (tertiary/aromatic N) is 3. The Morgan fingerprint density at radius 3 is 2.14 bits per heavy atom. The van der Waals surface area contributed by atoms with Gasteiger partial charge in [-0.3, -0.25) is 9.59 Å². The summed E-state index contributed by atoms with van der Waals surface area (Å²) in [5, 5.41) is 0. The lowest BCUT2D eigenvalue weighted by Crippen LogP contribution is -2.51. The lowest BCUT2D eigenvalue weighted by molar-refractivity contribution is -0.136. The fraction of sp³-hybridized carbons (Fsp3) is 0.480. The van der Waals surface area contributed by atoms with Gasteiger partial charge in [0.1, 0.15) is 0 Å². The van der Waals surface area contributed by atoms with Gasteiger partial charge in [0.05, 0.1) is 16.7 Å². The molecule has 2 atom stereocenters. The molecule has 36 heavy (non-hydrogen) atoms. The Labute approximate surface area is 210 Å². The lowest BCUT2D eigenvalue weighted by atomic mass is 9.94. The van der Waals surface area contributed by atoms with Gasteiger partial charge in [-0.2, -0.15) is 4.31 Å². The van der Waals surface area contributed by atoms with E-state index in [1.165, 1.54) is 39.7 Å². The van der Waals surface area contributed by atoms with E-state index in [4.69, 9.17) is 9.15 Å². The molecule has 2 amide bonds. The van der Waals surface area contributed by atoms with Crippen LogP contribution in [-0.4, -0.2) is 86.2 Å². The van der Waals surface area contributed by atoms with Crippen LogP contribution in [0.15, 0.2) is 52.0 Å². The van der Waals surface area contributed by atoms with E-state index in [2.05, 4.69) is 0 Å². The molecular weight excluding hydrogens is 486 g/mol. The summed E-state index contributed by atoms with van der Waals surface area (Å²) in [5.41, 5.74) is 0.163. The number of hydrogen-bond acceptors (Lipinski definition) is 7. The molecule has 0 aliphatic carbocycles. The highest BCUT2D eigenvalue weighted by molar-refractivity contribution is 7.89. The molecule has 0 saturated carbocycles. The topological polar surface area (TPSA) is 117 Å². The van der Waals surface area contributed by atoms with E-state index in [9.17, 15) is 22.8 Å². The first-order valence-electron chi connectivity index (χ1n) is 12.0. The molecule has 0 N–H and O–H groups in total. The molecule has 1 aromatic heterocycles. The summed E-state index contributed by atoms with van der Waals surface area (Å²) in [6, 6.07) is 8.82. The highest BCUT2D eigenvalue weighted by atomic mass is 32.2. The van der Waals surface area contributed by atoms with Crippen molar-refractivity contribution in [1.82, 2.24) is 14.1 Å². The molecule has 3 heterocycles. The zero-order valence-corrected chi connectivity index (χ0v) is 21.3. The van der Waals surface area contributed by atoms with Crippen molar-refractivity contribution in [2.75, 3.05) is 45.9 Å². The highest BCUT2D eigenvalue weighted by Gasteiger charge is 2.32. The van der Waals surface area contributed by atoms with E-state index in [-0.39, 0.29) is 39.9 Å². The summed E-state index contributed by atoms with van der Waals surface area (Å²) < 4.78 is 37.8. The summed E-state index contributed by atoms with van der Waals surface area (Å²) in [5.74, 6) is -0.472. The Morgan fingerprint density at radius 2 is 1.56 bits per heavy atom. The van der Waals surface area contributed by atoms with Crippen LogP contribution in [0.2, 0.25) is 0 Å². The van der Waals surface area contributed by atoms with Gasteiger partial charge in [0.2, 0.25) is 10.0 Å². The minimum absolute atomic E-state index is 0.124. The van der Waals surface area contributed by atoms with Crippen molar-refractivity contribution in [2.45, 2.75) is 25.2 Å². The average Bonchev–Trinajstić information content (AvgIpc) is 3.41. The van der Waals surface area contributed by atoms with Gasteiger partial charge < -0.3 is 19.0 Å². The van der Waals surface area contributed by atoms with Gasteiger partial charge in [-0.15, -0.1) is 0 Å². The minimum atomic E-state index is -3.65. The largest absolute Gasteiger partial charge is 0.459 e. The van der Waals surface area contributed by atoms with Crippen molar-refractivity contribution in [1.29, 1.82) is 0 Å². The molecule has 0 spiro atoms. The average molecular weight is 518 g/mol. The number of furan rings is 1. The maximum atomic E-state index is 13.0. The first-order valence-corrected chi connectivity index (χ1v) is 13.5. The van der Waals surface area contributed by atoms with Gasteiger partial charge in [-0.1, -0.05) is 13.8 Å². The smallest absolute Gasteiger partial charge is 0.338 e. The predicted molar refractivity (Wildman–Crippen MR) is 130 cm³/mol. The van der Waals surface area contributed by atoms with Crippen LogP contribution < -0.4 is 0 Å². The van der Waals surface area contributed by atoms with Crippen molar-refractivity contribution in [3.8, 4) is 0 Å². The van der Waals surface area contributed by atoms with E-state index < -0.39 is 22.6 Å². The molecule has 2 fully saturated rings. The third-order valence-electron chi connectivity index (χ3n) is 6.54. The summed E-state index contributed by atoms with van der Waals surface area (Å²) >= 11 is 0. The third-order valence-corrected chi connectivity index (χ3v) is 8.39. The fourth-order valence-corrected chi connectivity index (χ4v) is 6.41. The number of piperidine rings is 1. The molecule has 0 unspecified atom stereocenters. The number of hydrogen-bond donors (Lipinski definition) is 0. The summed E-state index contributed by atoms with van der Waals surface area (Å²) in [7, 11) is -3.65. The molecule has 2 saturated heterocycles. The Morgan fingerprint density at radius 1 is 0.944 bits per heavy atom. The first-order chi connectivity index (χ1) is 17.1. The summed E-state index contributed by atoms with van der Waals surface area (Å²) in [6.07, 6.45) is 2.43. The molecular formula is C25H31N3O7S. The highest BCUT2D eigenvalue weighted by Crippen LogP contribution is 2.26. The van der Waals surface area contributed by atoms with Crippen LogP contribution in [0.1, 0.15) is 41.2 Å². The monoisotopic (exact) mass is 517 g/mol. The van der Waals surface area contributed by atoms with E-state index >= 15 is 0 Å². The van der Waals surface area contributed by atoms with Crippen LogP contribution >= 0.6 is 0 Å². The van der Waals surface area contributed by atoms with Gasteiger partial charge in [-0.05, 0) is 54.7 Å². The number of ether oxygens (including phenoxy) is 1. The lowest BCUT2D eigenvalue weighted by Gasteiger charge is -2.34. The number of amides is 2. The quantitative estimate of drug-likeness (QED) is 0.539. The maximum Gasteiger partial charge on any atom is 0.338 e. The summed E-state index contributed by atoms with van der Waals surface area (Å²) in [4.78, 5) is 40.5. The first kappa shape index (κ1) is 25.9. The molecule has 1 aromatic carbocycles. The normalized spacial score (nSPS) is 21.3. The van der Waals surface area contributed by atoms with Crippen molar-refractivity contribution in [3.05, 3.63) is 54.0 Å². The van der Waals surface area contributed by atoms with E-state index in [0.29, 0.717) is 39.3 Å². The van der Waals surface area contributed by atoms with Crippen LogP contribution in [0.3, 0.4) is 0 Å². The standard InChI is InChI=1S/C25H31N3O7S/c1-18-14-19(2)16-28(15-18)36(32,33)21-7-5-20(6-8-21)25(31)35-17-23(29)26-9-11-27(12-10-26)24(30)22-4-3-13-34-22/h3-8,13,18-19H,9-12,14-17H2,1-2H3/t18-,19-/m0/s1. The second kappa shape index (κ2) is 10.8. The molecule has 11 heteroatoms. The molecule has 4 rings (SSSR count). The molecule has 2 aromatic rings. The van der Waals surface area contributed by atoms with E-state index in [0.717, 1.165) is 6.42 Å². The Kier molecular flexibility index (Phi) is 7.79. The molecule has 2 aliphatic rings. The number of carbonyl (C=O) groups excluding carboxylic acids is 3. The van der Waals surface area contributed by atoms with Crippen molar-refractivity contribution in [3.63, 3.8) is 0 Å². The van der Waals surface area contributed by atoms with Crippen molar-refractivity contribution in [2.24, 2.45) is 11.8 Å². The number of benzene rings is 1. The van der Waals surface area contributed by atoms with Crippen LogP contribution in [0.25, 0.3) is 0 Å². The summed E-state index contributed by atoms with van der Waals surface area (Å²) in [6.45, 7) is 5.94. The maximum absolute atomic E-state index is 13.0.